The summed E-state index contributed by atoms with van der Waals surface area (Å²) in [6.07, 6.45) is 5.05. The quantitative estimate of drug-likeness (QED) is 0.555. The number of aryl methyl sites for hydroxylation is 1. The Morgan fingerprint density at radius 3 is 2.65 bits per heavy atom. The Hall–Kier alpha value is -3.22. The van der Waals surface area contributed by atoms with Crippen molar-refractivity contribution in [3.63, 3.8) is 0 Å². The first-order chi connectivity index (χ1) is 11.1. The molecule has 3 aromatic rings. The molecule has 0 aliphatic carbocycles. The first kappa shape index (κ1) is 14.7. The lowest BCUT2D eigenvalue weighted by Gasteiger charge is -2.04. The largest absolute Gasteiger partial charge is 0.481 e. The maximum atomic E-state index is 11.4. The smallest absolute Gasteiger partial charge is 0.303 e. The fourth-order valence-corrected chi connectivity index (χ4v) is 2.61. The van der Waals surface area contributed by atoms with Crippen molar-refractivity contribution in [2.45, 2.75) is 12.8 Å². The van der Waals surface area contributed by atoms with E-state index in [0.29, 0.717) is 22.0 Å². The summed E-state index contributed by atoms with van der Waals surface area (Å²) in [5.41, 5.74) is 2.75. The van der Waals surface area contributed by atoms with Crippen LogP contribution in [0.4, 0.5) is 5.69 Å². The van der Waals surface area contributed by atoms with Gasteiger partial charge in [0, 0.05) is 31.1 Å². The second-order valence-electron chi connectivity index (χ2n) is 5.12. The van der Waals surface area contributed by atoms with Crippen LogP contribution in [0.1, 0.15) is 12.0 Å². The van der Waals surface area contributed by atoms with Crippen molar-refractivity contribution < 1.29 is 14.8 Å². The van der Waals surface area contributed by atoms with E-state index >= 15 is 0 Å². The standard InChI is InChI=1S/C16H13N3O4/c20-15(21)2-1-11-9-18-13-7-12(10-3-5-17-6-4-10)8-14(16(11)13)19(22)23/h3-9,18H,1-2H2,(H,20,21). The molecule has 0 fully saturated rings. The molecule has 0 atom stereocenters. The van der Waals surface area contributed by atoms with E-state index in [4.69, 9.17) is 5.11 Å². The summed E-state index contributed by atoms with van der Waals surface area (Å²) in [7, 11) is 0. The van der Waals surface area contributed by atoms with Crippen molar-refractivity contribution in [3.8, 4) is 11.1 Å². The van der Waals surface area contributed by atoms with Crippen LogP contribution in [-0.2, 0) is 11.2 Å². The summed E-state index contributed by atoms with van der Waals surface area (Å²) in [5.74, 6) is -0.935. The highest BCUT2D eigenvalue weighted by Crippen LogP contribution is 2.34. The molecule has 23 heavy (non-hydrogen) atoms. The molecular formula is C16H13N3O4. The Labute approximate surface area is 130 Å². The lowest BCUT2D eigenvalue weighted by molar-refractivity contribution is -0.383. The summed E-state index contributed by atoms with van der Waals surface area (Å²) < 4.78 is 0. The number of nitrogens with one attached hydrogen (secondary N) is 1. The molecule has 2 heterocycles. The van der Waals surface area contributed by atoms with Gasteiger partial charge in [-0.2, -0.15) is 0 Å². The highest BCUT2D eigenvalue weighted by atomic mass is 16.6. The number of aliphatic carboxylic acids is 1. The van der Waals surface area contributed by atoms with Gasteiger partial charge in [0.15, 0.2) is 0 Å². The number of H-pyrrole nitrogens is 1. The number of hydrogen-bond donors (Lipinski definition) is 2. The predicted molar refractivity (Wildman–Crippen MR) is 84.1 cm³/mol. The van der Waals surface area contributed by atoms with Crippen LogP contribution in [-0.4, -0.2) is 26.0 Å². The normalized spacial score (nSPS) is 10.8. The number of pyridine rings is 1. The number of fused-ring (bicyclic) bond motifs is 1. The van der Waals surface area contributed by atoms with Gasteiger partial charge in [-0.25, -0.2) is 0 Å². The lowest BCUT2D eigenvalue weighted by atomic mass is 10.0. The van der Waals surface area contributed by atoms with Crippen LogP contribution in [0.15, 0.2) is 42.9 Å². The molecule has 0 saturated heterocycles. The van der Waals surface area contributed by atoms with Gasteiger partial charge in [0.1, 0.15) is 0 Å². The summed E-state index contributed by atoms with van der Waals surface area (Å²) >= 11 is 0. The Morgan fingerprint density at radius 1 is 1.26 bits per heavy atom. The number of nitro groups is 1. The van der Waals surface area contributed by atoms with Gasteiger partial charge in [-0.15, -0.1) is 0 Å². The number of hydrogen-bond acceptors (Lipinski definition) is 4. The fraction of sp³-hybridized carbons (Fsp3) is 0.125. The average Bonchev–Trinajstić information content (AvgIpc) is 2.95. The van der Waals surface area contributed by atoms with Gasteiger partial charge in [-0.3, -0.25) is 19.9 Å². The van der Waals surface area contributed by atoms with Crippen LogP contribution in [0.5, 0.6) is 0 Å². The Balaban J connectivity index is 2.15. The van der Waals surface area contributed by atoms with Gasteiger partial charge in [0.2, 0.25) is 0 Å². The third-order valence-corrected chi connectivity index (χ3v) is 3.66. The maximum Gasteiger partial charge on any atom is 0.303 e. The van der Waals surface area contributed by atoms with E-state index in [1.165, 1.54) is 6.07 Å². The molecule has 0 aliphatic heterocycles. The topological polar surface area (TPSA) is 109 Å². The number of nitrogens with zero attached hydrogens (tertiary/aromatic N) is 2. The zero-order valence-corrected chi connectivity index (χ0v) is 12.0. The third-order valence-electron chi connectivity index (χ3n) is 3.66. The molecule has 0 bridgehead atoms. The summed E-state index contributed by atoms with van der Waals surface area (Å²) in [6.45, 7) is 0. The van der Waals surface area contributed by atoms with Crippen LogP contribution >= 0.6 is 0 Å². The highest BCUT2D eigenvalue weighted by molar-refractivity contribution is 5.96. The molecule has 0 radical (unpaired) electrons. The van der Waals surface area contributed by atoms with Gasteiger partial charge in [0.05, 0.1) is 15.8 Å². The van der Waals surface area contributed by atoms with E-state index in [9.17, 15) is 14.9 Å². The zero-order valence-electron chi connectivity index (χ0n) is 12.0. The molecular weight excluding hydrogens is 298 g/mol. The first-order valence-electron chi connectivity index (χ1n) is 6.97. The number of carboxylic acids is 1. The van der Waals surface area contributed by atoms with Gasteiger partial charge in [-0.1, -0.05) is 0 Å². The molecule has 2 aromatic heterocycles. The van der Waals surface area contributed by atoms with E-state index in [-0.39, 0.29) is 18.5 Å². The molecule has 7 nitrogen and oxygen atoms in total. The van der Waals surface area contributed by atoms with Crippen molar-refractivity contribution in [1.29, 1.82) is 0 Å². The number of nitro benzene ring substituents is 1. The minimum absolute atomic E-state index is 0.0315. The number of carboxylic acid groups (broad SMARTS) is 1. The summed E-state index contributed by atoms with van der Waals surface area (Å²) in [6, 6.07) is 6.88. The van der Waals surface area contributed by atoms with Gasteiger partial charge < -0.3 is 10.1 Å². The van der Waals surface area contributed by atoms with E-state index in [0.717, 1.165) is 5.56 Å². The molecule has 1 aromatic carbocycles. The maximum absolute atomic E-state index is 11.4. The lowest BCUT2D eigenvalue weighted by Crippen LogP contribution is -1.98. The molecule has 116 valence electrons. The molecule has 2 N–H and O–H groups in total. The zero-order chi connectivity index (χ0) is 16.4. The SMILES string of the molecule is O=C(O)CCc1c[nH]c2cc(-c3ccncc3)cc([N+](=O)[O-])c12. The van der Waals surface area contributed by atoms with E-state index in [1.807, 2.05) is 6.07 Å². The van der Waals surface area contributed by atoms with Crippen LogP contribution in [0.3, 0.4) is 0 Å². The van der Waals surface area contributed by atoms with E-state index in [2.05, 4.69) is 9.97 Å². The van der Waals surface area contributed by atoms with Crippen LogP contribution < -0.4 is 0 Å². The monoisotopic (exact) mass is 311 g/mol. The van der Waals surface area contributed by atoms with Crippen molar-refractivity contribution in [2.75, 3.05) is 0 Å². The number of aromatic nitrogens is 2. The van der Waals surface area contributed by atoms with Crippen LogP contribution in [0.25, 0.3) is 22.0 Å². The van der Waals surface area contributed by atoms with Crippen molar-refractivity contribution >= 4 is 22.6 Å². The third kappa shape index (κ3) is 2.89. The van der Waals surface area contributed by atoms with Crippen LogP contribution in [0, 0.1) is 10.1 Å². The van der Waals surface area contributed by atoms with Crippen molar-refractivity contribution in [3.05, 3.63) is 58.5 Å². The molecule has 7 heteroatoms. The minimum Gasteiger partial charge on any atom is -0.481 e. The van der Waals surface area contributed by atoms with Gasteiger partial charge >= 0.3 is 5.97 Å². The fourth-order valence-electron chi connectivity index (χ4n) is 2.61. The van der Waals surface area contributed by atoms with E-state index in [1.54, 1.807) is 30.7 Å². The summed E-state index contributed by atoms with van der Waals surface area (Å²) in [4.78, 5) is 28.7. The molecule has 0 unspecified atom stereocenters. The number of benzene rings is 1. The van der Waals surface area contributed by atoms with Gasteiger partial charge in [-0.05, 0) is 41.3 Å². The van der Waals surface area contributed by atoms with E-state index < -0.39 is 10.9 Å². The van der Waals surface area contributed by atoms with Crippen molar-refractivity contribution in [2.24, 2.45) is 0 Å². The van der Waals surface area contributed by atoms with Gasteiger partial charge in [0.25, 0.3) is 5.69 Å². The second-order valence-corrected chi connectivity index (χ2v) is 5.12. The molecule has 0 spiro atoms. The number of carbonyl (C=O) groups is 1. The second kappa shape index (κ2) is 5.88. The number of aromatic amines is 1. The molecule has 3 rings (SSSR count). The Morgan fingerprint density at radius 2 is 2.00 bits per heavy atom. The predicted octanol–water partition coefficient (Wildman–Crippen LogP) is 3.16. The van der Waals surface area contributed by atoms with Crippen LogP contribution in [0.2, 0.25) is 0 Å². The highest BCUT2D eigenvalue weighted by Gasteiger charge is 2.19. The van der Waals surface area contributed by atoms with Crippen molar-refractivity contribution in [1.82, 2.24) is 9.97 Å². The Kier molecular flexibility index (Phi) is 3.76. The summed E-state index contributed by atoms with van der Waals surface area (Å²) in [5, 5.41) is 20.7. The molecule has 0 aliphatic rings. The number of rotatable bonds is 5. The Bertz CT molecular complexity index is 887. The average molecular weight is 311 g/mol. The molecule has 0 amide bonds. The number of non-ortho nitro benzene ring substituents is 1. The molecule has 0 saturated carbocycles. The first-order valence-corrected chi connectivity index (χ1v) is 6.97. The minimum atomic E-state index is -0.935.